The largest absolute Gasteiger partial charge is 0.508 e. The third-order valence-corrected chi connectivity index (χ3v) is 7.68. The molecule has 0 spiro atoms. The zero-order valence-corrected chi connectivity index (χ0v) is 21.7. The lowest BCUT2D eigenvalue weighted by molar-refractivity contribution is -0.326. The summed E-state index contributed by atoms with van der Waals surface area (Å²) in [7, 11) is 0. The second-order valence-corrected chi connectivity index (χ2v) is 10.2. The molecule has 1 aliphatic heterocycles. The Hall–Kier alpha value is -3.28. The number of aliphatic hydroxyl groups excluding tert-OH is 5. The van der Waals surface area contributed by atoms with Crippen LogP contribution in [0.1, 0.15) is 34.1 Å². The zero-order valence-electron chi connectivity index (χ0n) is 21.7. The van der Waals surface area contributed by atoms with Crippen molar-refractivity contribution >= 4 is 11.6 Å². The van der Waals surface area contributed by atoms with Gasteiger partial charge in [-0.25, -0.2) is 0 Å². The van der Waals surface area contributed by atoms with Crippen LogP contribution in [-0.4, -0.2) is 77.5 Å². The summed E-state index contributed by atoms with van der Waals surface area (Å²) in [5, 5.41) is 74.0. The monoisotopic (exact) mass is 530 g/mol. The fourth-order valence-electron chi connectivity index (χ4n) is 5.83. The third-order valence-electron chi connectivity index (χ3n) is 7.68. The van der Waals surface area contributed by atoms with E-state index in [4.69, 9.17) is 14.9 Å². The fraction of sp³-hybridized carbons (Fsp3) is 0.429. The smallest absolute Gasteiger partial charge is 0.209 e. The van der Waals surface area contributed by atoms with Gasteiger partial charge in [-0.05, 0) is 39.8 Å². The molecule has 1 heterocycles. The van der Waals surface area contributed by atoms with E-state index in [1.807, 2.05) is 0 Å². The summed E-state index contributed by atoms with van der Waals surface area (Å²) in [4.78, 5) is 27.5. The van der Waals surface area contributed by atoms with Crippen molar-refractivity contribution in [2.24, 2.45) is 11.3 Å². The van der Waals surface area contributed by atoms with E-state index < -0.39 is 63.6 Å². The van der Waals surface area contributed by atoms with Gasteiger partial charge >= 0.3 is 0 Å². The average molecular weight is 531 g/mol. The molecule has 0 amide bonds. The minimum atomic E-state index is -2.67. The van der Waals surface area contributed by atoms with Gasteiger partial charge in [0.05, 0.1) is 18.6 Å². The molecule has 7 N–H and O–H groups in total. The van der Waals surface area contributed by atoms with Crippen LogP contribution < -0.4 is 0 Å². The lowest BCUT2D eigenvalue weighted by atomic mass is 9.52. The molecule has 5 atom stereocenters. The van der Waals surface area contributed by atoms with Gasteiger partial charge in [0.25, 0.3) is 0 Å². The Labute approximate surface area is 220 Å². The Bertz CT molecular complexity index is 1240. The van der Waals surface area contributed by atoms with Crippen LogP contribution in [0.4, 0.5) is 0 Å². The van der Waals surface area contributed by atoms with Crippen LogP contribution in [0.2, 0.25) is 0 Å². The lowest BCUT2D eigenvalue weighted by Gasteiger charge is -2.51. The maximum atomic E-state index is 14.1. The highest BCUT2D eigenvalue weighted by molar-refractivity contribution is 6.09. The number of Topliss-reactive ketones (excluding diaryl/α,β-unsaturated/α-hetero) is 2. The fourth-order valence-corrected chi connectivity index (χ4v) is 5.83. The van der Waals surface area contributed by atoms with Crippen molar-refractivity contribution < 1.29 is 50.1 Å². The second kappa shape index (κ2) is 10.1. The van der Waals surface area contributed by atoms with Gasteiger partial charge in [0, 0.05) is 29.1 Å². The average Bonchev–Trinajstić information content (AvgIpc) is 3.06. The summed E-state index contributed by atoms with van der Waals surface area (Å²) in [6.45, 7) is 4.57. The summed E-state index contributed by atoms with van der Waals surface area (Å²) in [6, 6.07) is 0. The molecule has 2 fully saturated rings. The summed E-state index contributed by atoms with van der Waals surface area (Å²) >= 11 is 0. The van der Waals surface area contributed by atoms with Crippen LogP contribution in [0.3, 0.4) is 0 Å². The second-order valence-electron chi connectivity index (χ2n) is 10.2. The van der Waals surface area contributed by atoms with E-state index in [0.717, 1.165) is 0 Å². The van der Waals surface area contributed by atoms with Gasteiger partial charge in [-0.2, -0.15) is 0 Å². The molecule has 0 unspecified atom stereocenters. The summed E-state index contributed by atoms with van der Waals surface area (Å²) in [5.74, 6) is -7.45. The van der Waals surface area contributed by atoms with E-state index >= 15 is 0 Å². The minimum absolute atomic E-state index is 0.181. The lowest BCUT2D eigenvalue weighted by Crippen LogP contribution is -2.68. The molecule has 2 aliphatic carbocycles. The molecule has 10 heteroatoms. The SMILES string of the molecule is CC1=C(O)C(=C(O)C=CC=CCO)[C@@H]2[C@]3(C)C(=O)C(=C(O)C=CC=CCO)C[C@](C)(O)[C@]3(O)O[C@]2(C)C1=O. The van der Waals surface area contributed by atoms with Crippen LogP contribution in [0.5, 0.6) is 0 Å². The molecule has 1 saturated heterocycles. The van der Waals surface area contributed by atoms with Crippen LogP contribution in [0, 0.1) is 11.3 Å². The number of ether oxygens (including phenoxy) is 1. The van der Waals surface area contributed by atoms with Crippen LogP contribution in [-0.2, 0) is 14.3 Å². The van der Waals surface area contributed by atoms with Crippen molar-refractivity contribution in [3.63, 3.8) is 0 Å². The van der Waals surface area contributed by atoms with Crippen molar-refractivity contribution in [1.29, 1.82) is 0 Å². The van der Waals surface area contributed by atoms with E-state index in [1.54, 1.807) is 0 Å². The van der Waals surface area contributed by atoms with Crippen molar-refractivity contribution in [2.45, 2.75) is 51.1 Å². The highest BCUT2D eigenvalue weighted by atomic mass is 16.7. The first-order valence-electron chi connectivity index (χ1n) is 12.0. The standard InChI is InChI=1S/C28H34O10/c1-16-21(33)20(19(32)12-8-6-10-14-30)22-26(3)24(35)17(18(31)11-7-5-9-13-29)15-25(2,36)28(26,37)38-27(22,4)23(16)34/h5-12,22,29-33,36-37H,13-15H2,1-4H3/t22-,25+,26-,27+,28+/m1/s1. The molecule has 206 valence electrons. The topological polar surface area (TPSA) is 185 Å². The molecule has 0 aromatic carbocycles. The molecule has 0 aromatic rings. The number of hydrogen-bond acceptors (Lipinski definition) is 10. The quantitative estimate of drug-likeness (QED) is 0.152. The molecular weight excluding hydrogens is 496 g/mol. The minimum Gasteiger partial charge on any atom is -0.508 e. The van der Waals surface area contributed by atoms with E-state index in [0.29, 0.717) is 0 Å². The Balaban J connectivity index is 2.35. The van der Waals surface area contributed by atoms with Gasteiger partial charge in [0.2, 0.25) is 5.79 Å². The summed E-state index contributed by atoms with van der Waals surface area (Å²) < 4.78 is 5.94. The molecule has 0 aromatic heterocycles. The van der Waals surface area contributed by atoms with E-state index in [9.17, 15) is 35.1 Å². The third kappa shape index (κ3) is 4.09. The normalized spacial score (nSPS) is 38.7. The number of hydrogen-bond donors (Lipinski definition) is 7. The van der Waals surface area contributed by atoms with Crippen molar-refractivity contribution in [3.8, 4) is 0 Å². The number of allylic oxidation sites excluding steroid dienone is 7. The summed E-state index contributed by atoms with van der Waals surface area (Å²) in [5.41, 5.74) is -7.09. The van der Waals surface area contributed by atoms with E-state index in [1.165, 1.54) is 76.3 Å². The number of carbonyl (C=O) groups is 2. The maximum Gasteiger partial charge on any atom is 0.209 e. The first kappa shape index (κ1) is 29.3. The number of fused-ring (bicyclic) bond motifs is 3. The highest BCUT2D eigenvalue weighted by Gasteiger charge is 2.81. The molecule has 0 radical (unpaired) electrons. The van der Waals surface area contributed by atoms with Gasteiger partial charge in [0.15, 0.2) is 11.6 Å². The molecule has 1 saturated carbocycles. The first-order chi connectivity index (χ1) is 17.7. The van der Waals surface area contributed by atoms with Crippen LogP contribution >= 0.6 is 0 Å². The highest BCUT2D eigenvalue weighted by Crippen LogP contribution is 2.67. The summed E-state index contributed by atoms with van der Waals surface area (Å²) in [6.07, 6.45) is 10.2. The molecule has 0 bridgehead atoms. The number of ketones is 2. The van der Waals surface area contributed by atoms with Gasteiger partial charge < -0.3 is 40.5 Å². The molecule has 3 aliphatic rings. The maximum absolute atomic E-state index is 14.1. The first-order valence-corrected chi connectivity index (χ1v) is 12.0. The van der Waals surface area contributed by atoms with E-state index in [-0.39, 0.29) is 29.9 Å². The predicted molar refractivity (Wildman–Crippen MR) is 137 cm³/mol. The Morgan fingerprint density at radius 3 is 1.97 bits per heavy atom. The van der Waals surface area contributed by atoms with Crippen LogP contribution in [0.15, 0.2) is 82.6 Å². The Morgan fingerprint density at radius 1 is 0.921 bits per heavy atom. The van der Waals surface area contributed by atoms with Crippen LogP contribution in [0.25, 0.3) is 0 Å². The molecular formula is C28H34O10. The number of rotatable bonds is 6. The molecule has 3 rings (SSSR count). The zero-order chi connectivity index (χ0) is 28.7. The number of aliphatic hydroxyl groups is 7. The number of carbonyl (C=O) groups excluding carboxylic acids is 2. The predicted octanol–water partition coefficient (Wildman–Crippen LogP) is 2.06. The molecule has 38 heavy (non-hydrogen) atoms. The van der Waals surface area contributed by atoms with Crippen molar-refractivity contribution in [2.75, 3.05) is 13.2 Å². The Kier molecular flexibility index (Phi) is 7.80. The van der Waals surface area contributed by atoms with Gasteiger partial charge in [-0.3, -0.25) is 9.59 Å². The van der Waals surface area contributed by atoms with Crippen molar-refractivity contribution in [3.05, 3.63) is 82.6 Å². The van der Waals surface area contributed by atoms with Crippen molar-refractivity contribution in [1.82, 2.24) is 0 Å². The Morgan fingerprint density at radius 2 is 1.45 bits per heavy atom. The molecule has 10 nitrogen and oxygen atoms in total. The van der Waals surface area contributed by atoms with Gasteiger partial charge in [-0.1, -0.05) is 36.5 Å². The van der Waals surface area contributed by atoms with Gasteiger partial charge in [0.1, 0.15) is 28.5 Å². The van der Waals surface area contributed by atoms with Gasteiger partial charge in [-0.15, -0.1) is 0 Å². The van der Waals surface area contributed by atoms with E-state index in [2.05, 4.69) is 0 Å².